The van der Waals surface area contributed by atoms with Crippen molar-refractivity contribution < 1.29 is 4.79 Å². The fourth-order valence-corrected chi connectivity index (χ4v) is 3.58. The van der Waals surface area contributed by atoms with Crippen LogP contribution in [0.3, 0.4) is 0 Å². The van der Waals surface area contributed by atoms with Crippen molar-refractivity contribution in [2.24, 2.45) is 0 Å². The molecule has 0 aromatic heterocycles. The molecule has 1 saturated heterocycles. The predicted molar refractivity (Wildman–Crippen MR) is 87.7 cm³/mol. The van der Waals surface area contributed by atoms with Crippen LogP contribution >= 0.6 is 11.8 Å². The van der Waals surface area contributed by atoms with Crippen LogP contribution in [0.2, 0.25) is 0 Å². The van der Waals surface area contributed by atoms with Crippen LogP contribution in [-0.4, -0.2) is 41.4 Å². The minimum absolute atomic E-state index is 0.169. The molecule has 1 amide bonds. The molecule has 1 heterocycles. The Bertz CT molecular complexity index is 450. The Morgan fingerprint density at radius 3 is 2.95 bits per heavy atom. The molecule has 1 aromatic rings. The molecular formula is C16H24N2OS. The van der Waals surface area contributed by atoms with E-state index in [4.69, 9.17) is 0 Å². The number of nitrogens with one attached hydrogen (secondary N) is 1. The summed E-state index contributed by atoms with van der Waals surface area (Å²) in [5, 5.41) is 3.94. The van der Waals surface area contributed by atoms with E-state index in [9.17, 15) is 4.79 Å². The number of benzene rings is 1. The van der Waals surface area contributed by atoms with E-state index < -0.39 is 0 Å². The first-order chi connectivity index (χ1) is 9.76. The monoisotopic (exact) mass is 292 g/mol. The lowest BCUT2D eigenvalue weighted by Crippen LogP contribution is -2.42. The molecule has 0 radical (unpaired) electrons. The average Bonchev–Trinajstić information content (AvgIpc) is 2.52. The topological polar surface area (TPSA) is 32.3 Å². The molecule has 1 fully saturated rings. The van der Waals surface area contributed by atoms with Crippen molar-refractivity contribution in [2.75, 3.05) is 30.7 Å². The molecule has 3 nitrogen and oxygen atoms in total. The number of carbonyl (C=O) groups is 1. The van der Waals surface area contributed by atoms with E-state index >= 15 is 0 Å². The molecule has 1 unspecified atom stereocenters. The number of hydrogen-bond acceptors (Lipinski definition) is 3. The second-order valence-corrected chi connectivity index (χ2v) is 6.53. The van der Waals surface area contributed by atoms with Crippen molar-refractivity contribution in [1.82, 2.24) is 4.90 Å². The van der Waals surface area contributed by atoms with Gasteiger partial charge in [-0.2, -0.15) is 11.8 Å². The SMILES string of the molecule is CCCNc1ccccc1C(=O)N1CCSC(CC)C1. The summed E-state index contributed by atoms with van der Waals surface area (Å²) in [6, 6.07) is 7.86. The zero-order valence-electron chi connectivity index (χ0n) is 12.4. The van der Waals surface area contributed by atoms with Gasteiger partial charge in [-0.25, -0.2) is 0 Å². The maximum atomic E-state index is 12.7. The van der Waals surface area contributed by atoms with E-state index in [1.807, 2.05) is 40.9 Å². The van der Waals surface area contributed by atoms with E-state index in [-0.39, 0.29) is 5.91 Å². The molecule has 0 bridgehead atoms. The summed E-state index contributed by atoms with van der Waals surface area (Å²) >= 11 is 1.99. The Kier molecular flexibility index (Phi) is 5.77. The highest BCUT2D eigenvalue weighted by atomic mass is 32.2. The standard InChI is InChI=1S/C16H24N2OS/c1-3-9-17-15-8-6-5-7-14(15)16(19)18-10-11-20-13(4-2)12-18/h5-8,13,17H,3-4,9-12H2,1-2H3. The van der Waals surface area contributed by atoms with Crippen molar-refractivity contribution in [3.63, 3.8) is 0 Å². The van der Waals surface area contributed by atoms with Gasteiger partial charge in [0.2, 0.25) is 0 Å². The third-order valence-electron chi connectivity index (χ3n) is 3.60. The third kappa shape index (κ3) is 3.69. The number of carbonyl (C=O) groups excluding carboxylic acids is 1. The third-order valence-corrected chi connectivity index (χ3v) is 4.98. The Labute approximate surface area is 126 Å². The van der Waals surface area contributed by atoms with Crippen molar-refractivity contribution in [3.8, 4) is 0 Å². The molecule has 1 aliphatic rings. The number of anilines is 1. The van der Waals surface area contributed by atoms with Crippen LogP contribution in [0.25, 0.3) is 0 Å². The van der Waals surface area contributed by atoms with E-state index in [1.54, 1.807) is 0 Å². The van der Waals surface area contributed by atoms with E-state index in [0.717, 1.165) is 49.5 Å². The van der Waals surface area contributed by atoms with Gasteiger partial charge in [0, 0.05) is 36.3 Å². The Morgan fingerprint density at radius 1 is 1.40 bits per heavy atom. The molecule has 0 aliphatic carbocycles. The zero-order chi connectivity index (χ0) is 14.4. The second-order valence-electron chi connectivity index (χ2n) is 5.12. The first-order valence-corrected chi connectivity index (χ1v) is 8.54. The summed E-state index contributed by atoms with van der Waals surface area (Å²) in [5.41, 5.74) is 1.77. The van der Waals surface area contributed by atoms with Crippen molar-refractivity contribution >= 4 is 23.4 Å². The van der Waals surface area contributed by atoms with Crippen molar-refractivity contribution in [2.45, 2.75) is 31.9 Å². The Balaban J connectivity index is 2.11. The summed E-state index contributed by atoms with van der Waals surface area (Å²) < 4.78 is 0. The van der Waals surface area contributed by atoms with Gasteiger partial charge in [-0.05, 0) is 25.0 Å². The molecule has 1 aromatic carbocycles. The number of para-hydroxylation sites is 1. The minimum Gasteiger partial charge on any atom is -0.384 e. The number of rotatable bonds is 5. The first kappa shape index (κ1) is 15.2. The van der Waals surface area contributed by atoms with Gasteiger partial charge in [0.15, 0.2) is 0 Å². The van der Waals surface area contributed by atoms with Crippen LogP contribution < -0.4 is 5.32 Å². The van der Waals surface area contributed by atoms with E-state index in [2.05, 4.69) is 19.2 Å². The highest BCUT2D eigenvalue weighted by Crippen LogP contribution is 2.24. The second kappa shape index (κ2) is 7.58. The van der Waals surface area contributed by atoms with Crippen LogP contribution in [0.5, 0.6) is 0 Å². The number of hydrogen-bond donors (Lipinski definition) is 1. The molecule has 1 aliphatic heterocycles. The molecule has 0 spiro atoms. The van der Waals surface area contributed by atoms with Crippen LogP contribution in [0.15, 0.2) is 24.3 Å². The highest BCUT2D eigenvalue weighted by Gasteiger charge is 2.25. The molecule has 4 heteroatoms. The summed E-state index contributed by atoms with van der Waals surface area (Å²) in [7, 11) is 0. The van der Waals surface area contributed by atoms with Gasteiger partial charge in [-0.15, -0.1) is 0 Å². The fourth-order valence-electron chi connectivity index (χ4n) is 2.40. The highest BCUT2D eigenvalue weighted by molar-refractivity contribution is 8.00. The van der Waals surface area contributed by atoms with Gasteiger partial charge < -0.3 is 10.2 Å². The minimum atomic E-state index is 0.169. The molecule has 2 rings (SSSR count). The normalized spacial score (nSPS) is 18.9. The molecular weight excluding hydrogens is 268 g/mol. The van der Waals surface area contributed by atoms with Gasteiger partial charge >= 0.3 is 0 Å². The molecule has 1 atom stereocenters. The van der Waals surface area contributed by atoms with Crippen molar-refractivity contribution in [1.29, 1.82) is 0 Å². The maximum absolute atomic E-state index is 12.7. The predicted octanol–water partition coefficient (Wildman–Crippen LogP) is 3.48. The summed E-state index contributed by atoms with van der Waals surface area (Å²) in [6.45, 7) is 6.97. The molecule has 1 N–H and O–H groups in total. The van der Waals surface area contributed by atoms with Gasteiger partial charge in [0.1, 0.15) is 0 Å². The molecule has 110 valence electrons. The molecule has 0 saturated carbocycles. The number of thioether (sulfide) groups is 1. The van der Waals surface area contributed by atoms with E-state index in [1.165, 1.54) is 0 Å². The average molecular weight is 292 g/mol. The fraction of sp³-hybridized carbons (Fsp3) is 0.562. The first-order valence-electron chi connectivity index (χ1n) is 7.50. The van der Waals surface area contributed by atoms with Gasteiger partial charge in [0.05, 0.1) is 5.56 Å². The van der Waals surface area contributed by atoms with Crippen LogP contribution in [-0.2, 0) is 0 Å². The van der Waals surface area contributed by atoms with Crippen LogP contribution in [0, 0.1) is 0 Å². The lowest BCUT2D eigenvalue weighted by atomic mass is 10.1. The maximum Gasteiger partial charge on any atom is 0.256 e. The van der Waals surface area contributed by atoms with Gasteiger partial charge in [0.25, 0.3) is 5.91 Å². The Morgan fingerprint density at radius 2 is 2.20 bits per heavy atom. The lowest BCUT2D eigenvalue weighted by Gasteiger charge is -2.32. The van der Waals surface area contributed by atoms with Crippen LogP contribution in [0.4, 0.5) is 5.69 Å². The van der Waals surface area contributed by atoms with Gasteiger partial charge in [-0.3, -0.25) is 4.79 Å². The lowest BCUT2D eigenvalue weighted by molar-refractivity contribution is 0.0762. The summed E-state index contributed by atoms with van der Waals surface area (Å²) in [4.78, 5) is 14.7. The van der Waals surface area contributed by atoms with Crippen molar-refractivity contribution in [3.05, 3.63) is 29.8 Å². The summed E-state index contributed by atoms with van der Waals surface area (Å²) in [5.74, 6) is 1.22. The van der Waals surface area contributed by atoms with E-state index in [0.29, 0.717) is 5.25 Å². The smallest absolute Gasteiger partial charge is 0.256 e. The largest absolute Gasteiger partial charge is 0.384 e. The van der Waals surface area contributed by atoms with Gasteiger partial charge in [-0.1, -0.05) is 26.0 Å². The number of nitrogens with zero attached hydrogens (tertiary/aromatic N) is 1. The van der Waals surface area contributed by atoms with Crippen LogP contribution in [0.1, 0.15) is 37.0 Å². The Hall–Kier alpha value is -1.16. The molecule has 20 heavy (non-hydrogen) atoms. The number of amides is 1. The summed E-state index contributed by atoms with van der Waals surface area (Å²) in [6.07, 6.45) is 2.19. The quantitative estimate of drug-likeness (QED) is 0.902. The zero-order valence-corrected chi connectivity index (χ0v) is 13.2.